The van der Waals surface area contributed by atoms with Crippen molar-refractivity contribution in [2.45, 2.75) is 13.8 Å². The minimum absolute atomic E-state index is 0.606. The molecule has 0 spiro atoms. The lowest BCUT2D eigenvalue weighted by atomic mass is 10.1. The summed E-state index contributed by atoms with van der Waals surface area (Å²) in [6, 6.07) is 7.99. The Kier molecular flexibility index (Phi) is 3.10. The van der Waals surface area contributed by atoms with E-state index in [2.05, 4.69) is 4.98 Å². The fourth-order valence-electron chi connectivity index (χ4n) is 1.58. The predicted octanol–water partition coefficient (Wildman–Crippen LogP) is 3.10. The van der Waals surface area contributed by atoms with Crippen LogP contribution in [-0.2, 0) is 0 Å². The van der Waals surface area contributed by atoms with Gasteiger partial charge in [0.2, 0.25) is 0 Å². The van der Waals surface area contributed by atoms with Crippen molar-refractivity contribution in [3.63, 3.8) is 0 Å². The number of nitrogen functional groups attached to an aromatic ring is 1. The molecule has 2 N–H and O–H groups in total. The van der Waals surface area contributed by atoms with Crippen LogP contribution in [0, 0.1) is 6.92 Å². The van der Waals surface area contributed by atoms with E-state index in [1.54, 1.807) is 0 Å². The highest BCUT2D eigenvalue weighted by Gasteiger charge is 2.08. The molecule has 0 saturated heterocycles. The zero-order chi connectivity index (χ0) is 11.5. The highest BCUT2D eigenvalue weighted by molar-refractivity contribution is 7.18. The Labute approximate surface area is 98.9 Å². The summed E-state index contributed by atoms with van der Waals surface area (Å²) in [5, 5.41) is 0.606. The molecule has 2 rings (SSSR count). The summed E-state index contributed by atoms with van der Waals surface area (Å²) >= 11 is 1.51. The van der Waals surface area contributed by atoms with Gasteiger partial charge >= 0.3 is 0 Å². The van der Waals surface area contributed by atoms with Crippen molar-refractivity contribution in [3.8, 4) is 16.2 Å². The molecule has 0 aliphatic carbocycles. The standard InChI is InChI=1S/C12H14N2OS/c1-3-15-10-6-4-5-9(7-10)11-8(2)14-12(13)16-11/h4-7H,3H2,1-2H3,(H2,13,14). The Balaban J connectivity index is 2.40. The molecule has 0 saturated carbocycles. The molecule has 16 heavy (non-hydrogen) atoms. The number of nitrogens with zero attached hydrogens (tertiary/aromatic N) is 1. The first-order valence-electron chi connectivity index (χ1n) is 5.17. The Morgan fingerprint density at radius 1 is 1.44 bits per heavy atom. The first-order valence-corrected chi connectivity index (χ1v) is 5.98. The lowest BCUT2D eigenvalue weighted by Crippen LogP contribution is -1.91. The molecule has 84 valence electrons. The zero-order valence-corrected chi connectivity index (χ0v) is 10.2. The van der Waals surface area contributed by atoms with Crippen molar-refractivity contribution < 1.29 is 4.74 Å². The van der Waals surface area contributed by atoms with Crippen LogP contribution >= 0.6 is 11.3 Å². The Morgan fingerprint density at radius 3 is 2.88 bits per heavy atom. The van der Waals surface area contributed by atoms with Crippen LogP contribution in [0.3, 0.4) is 0 Å². The second-order valence-corrected chi connectivity index (χ2v) is 4.46. The summed E-state index contributed by atoms with van der Waals surface area (Å²) in [5.74, 6) is 0.881. The number of thiazole rings is 1. The van der Waals surface area contributed by atoms with E-state index in [4.69, 9.17) is 10.5 Å². The molecular formula is C12H14N2OS. The number of benzene rings is 1. The van der Waals surface area contributed by atoms with Gasteiger partial charge in [-0.1, -0.05) is 23.5 Å². The van der Waals surface area contributed by atoms with E-state index < -0.39 is 0 Å². The van der Waals surface area contributed by atoms with Gasteiger partial charge in [0.05, 0.1) is 17.2 Å². The number of nitrogens with two attached hydrogens (primary N) is 1. The van der Waals surface area contributed by atoms with Gasteiger partial charge in [-0.05, 0) is 31.5 Å². The topological polar surface area (TPSA) is 48.1 Å². The van der Waals surface area contributed by atoms with Crippen LogP contribution < -0.4 is 10.5 Å². The summed E-state index contributed by atoms with van der Waals surface area (Å²) < 4.78 is 5.47. The summed E-state index contributed by atoms with van der Waals surface area (Å²) in [7, 11) is 0. The third-order valence-corrected chi connectivity index (χ3v) is 3.26. The van der Waals surface area contributed by atoms with Gasteiger partial charge in [-0.15, -0.1) is 0 Å². The lowest BCUT2D eigenvalue weighted by Gasteiger charge is -2.04. The number of aromatic nitrogens is 1. The average Bonchev–Trinajstić information content (AvgIpc) is 2.59. The fourth-order valence-corrected chi connectivity index (χ4v) is 2.41. The normalized spacial score (nSPS) is 10.4. The summed E-state index contributed by atoms with van der Waals surface area (Å²) in [6.07, 6.45) is 0. The van der Waals surface area contributed by atoms with E-state index in [0.29, 0.717) is 11.7 Å². The van der Waals surface area contributed by atoms with Crippen molar-refractivity contribution >= 4 is 16.5 Å². The molecule has 1 aromatic heterocycles. The molecule has 0 bridgehead atoms. The van der Waals surface area contributed by atoms with Gasteiger partial charge in [0, 0.05) is 0 Å². The van der Waals surface area contributed by atoms with E-state index in [-0.39, 0.29) is 0 Å². The third kappa shape index (κ3) is 2.17. The largest absolute Gasteiger partial charge is 0.494 e. The average molecular weight is 234 g/mol. The Morgan fingerprint density at radius 2 is 2.25 bits per heavy atom. The number of ether oxygens (including phenoxy) is 1. The summed E-state index contributed by atoms with van der Waals surface area (Å²) in [5.41, 5.74) is 7.77. The minimum Gasteiger partial charge on any atom is -0.494 e. The Bertz CT molecular complexity index is 494. The molecule has 1 aromatic carbocycles. The van der Waals surface area contributed by atoms with Crippen molar-refractivity contribution in [3.05, 3.63) is 30.0 Å². The van der Waals surface area contributed by atoms with Gasteiger partial charge < -0.3 is 10.5 Å². The fraction of sp³-hybridized carbons (Fsp3) is 0.250. The van der Waals surface area contributed by atoms with Crippen molar-refractivity contribution in [2.75, 3.05) is 12.3 Å². The van der Waals surface area contributed by atoms with Gasteiger partial charge in [0.25, 0.3) is 0 Å². The van der Waals surface area contributed by atoms with Crippen molar-refractivity contribution in [1.29, 1.82) is 0 Å². The molecule has 0 radical (unpaired) electrons. The summed E-state index contributed by atoms with van der Waals surface area (Å²) in [4.78, 5) is 5.33. The molecule has 0 aliphatic rings. The van der Waals surface area contributed by atoms with Gasteiger partial charge in [-0.2, -0.15) is 0 Å². The molecule has 2 aromatic rings. The lowest BCUT2D eigenvalue weighted by molar-refractivity contribution is 0.340. The van der Waals surface area contributed by atoms with Crippen LogP contribution in [0.25, 0.3) is 10.4 Å². The second kappa shape index (κ2) is 4.53. The van der Waals surface area contributed by atoms with E-state index in [1.807, 2.05) is 38.1 Å². The number of aryl methyl sites for hydroxylation is 1. The van der Waals surface area contributed by atoms with Crippen LogP contribution in [0.15, 0.2) is 24.3 Å². The maximum atomic E-state index is 5.69. The van der Waals surface area contributed by atoms with Crippen LogP contribution in [0.1, 0.15) is 12.6 Å². The smallest absolute Gasteiger partial charge is 0.180 e. The van der Waals surface area contributed by atoms with E-state index in [1.165, 1.54) is 11.3 Å². The van der Waals surface area contributed by atoms with Gasteiger partial charge in [-0.25, -0.2) is 4.98 Å². The quantitative estimate of drug-likeness (QED) is 0.887. The predicted molar refractivity (Wildman–Crippen MR) is 67.9 cm³/mol. The molecule has 4 heteroatoms. The monoisotopic (exact) mass is 234 g/mol. The van der Waals surface area contributed by atoms with Crippen molar-refractivity contribution in [2.24, 2.45) is 0 Å². The van der Waals surface area contributed by atoms with Crippen LogP contribution in [-0.4, -0.2) is 11.6 Å². The molecule has 0 fully saturated rings. The van der Waals surface area contributed by atoms with E-state index in [9.17, 15) is 0 Å². The third-order valence-electron chi connectivity index (χ3n) is 2.22. The van der Waals surface area contributed by atoms with Crippen LogP contribution in [0.2, 0.25) is 0 Å². The summed E-state index contributed by atoms with van der Waals surface area (Å²) in [6.45, 7) is 4.62. The van der Waals surface area contributed by atoms with Gasteiger partial charge in [-0.3, -0.25) is 0 Å². The second-order valence-electron chi connectivity index (χ2n) is 3.43. The number of hydrogen-bond donors (Lipinski definition) is 1. The van der Waals surface area contributed by atoms with Crippen LogP contribution in [0.5, 0.6) is 5.75 Å². The SMILES string of the molecule is CCOc1cccc(-c2sc(N)nc2C)c1. The zero-order valence-electron chi connectivity index (χ0n) is 9.36. The molecular weight excluding hydrogens is 220 g/mol. The van der Waals surface area contributed by atoms with E-state index in [0.717, 1.165) is 21.9 Å². The molecule has 1 heterocycles. The van der Waals surface area contributed by atoms with Crippen LogP contribution in [0.4, 0.5) is 5.13 Å². The van der Waals surface area contributed by atoms with Crippen molar-refractivity contribution in [1.82, 2.24) is 4.98 Å². The van der Waals surface area contributed by atoms with Gasteiger partial charge in [0.1, 0.15) is 5.75 Å². The molecule has 0 unspecified atom stereocenters. The molecule has 0 aliphatic heterocycles. The van der Waals surface area contributed by atoms with Gasteiger partial charge in [0.15, 0.2) is 5.13 Å². The maximum Gasteiger partial charge on any atom is 0.180 e. The highest BCUT2D eigenvalue weighted by Crippen LogP contribution is 2.32. The highest BCUT2D eigenvalue weighted by atomic mass is 32.1. The first-order chi connectivity index (χ1) is 7.70. The number of rotatable bonds is 3. The first kappa shape index (κ1) is 11.0. The maximum absolute atomic E-state index is 5.69. The number of anilines is 1. The molecule has 0 atom stereocenters. The number of hydrogen-bond acceptors (Lipinski definition) is 4. The van der Waals surface area contributed by atoms with E-state index >= 15 is 0 Å². The minimum atomic E-state index is 0.606. The Hall–Kier alpha value is -1.55. The molecule has 3 nitrogen and oxygen atoms in total. The molecule has 0 amide bonds.